The van der Waals surface area contributed by atoms with Gasteiger partial charge in [0.2, 0.25) is 17.7 Å². The van der Waals surface area contributed by atoms with Crippen LogP contribution in [0.4, 0.5) is 5.82 Å². The Morgan fingerprint density at radius 2 is 2.08 bits per heavy atom. The summed E-state index contributed by atoms with van der Waals surface area (Å²) in [6.07, 6.45) is 2.69. The first kappa shape index (κ1) is 17.1. The van der Waals surface area contributed by atoms with Crippen LogP contribution in [0.25, 0.3) is 0 Å². The molecule has 1 atom stereocenters. The van der Waals surface area contributed by atoms with Crippen molar-refractivity contribution in [3.05, 3.63) is 36.5 Å². The maximum Gasteiger partial charge on any atom is 0.248 e. The van der Waals surface area contributed by atoms with Crippen molar-refractivity contribution in [2.45, 2.75) is 25.8 Å². The molecule has 1 N–H and O–H groups in total. The number of aromatic nitrogens is 1. The minimum absolute atomic E-state index is 0.0528. The molecule has 3 heterocycles. The van der Waals surface area contributed by atoms with E-state index in [0.717, 1.165) is 12.1 Å². The largest absolute Gasteiger partial charge is 0.337 e. The lowest BCUT2D eigenvalue weighted by atomic mass is 9.97. The van der Waals surface area contributed by atoms with Crippen LogP contribution in [0.2, 0.25) is 0 Å². The number of carbonyl (C=O) groups is 3. The number of hydrogen-bond donors (Lipinski definition) is 1. The third kappa shape index (κ3) is 3.55. The fraction of sp³-hybridized carbons (Fsp3) is 0.444. The average Bonchev–Trinajstić information content (AvgIpc) is 3.02. The number of pyridine rings is 1. The Kier molecular flexibility index (Phi) is 4.83. The Balaban J connectivity index is 1.60. The normalized spacial score (nSPS) is 20.1. The van der Waals surface area contributed by atoms with E-state index in [9.17, 15) is 14.4 Å². The smallest absolute Gasteiger partial charge is 0.248 e. The Morgan fingerprint density at radius 1 is 1.32 bits per heavy atom. The van der Waals surface area contributed by atoms with Gasteiger partial charge in [0, 0.05) is 25.3 Å². The van der Waals surface area contributed by atoms with Crippen LogP contribution in [0.1, 0.15) is 18.5 Å². The highest BCUT2D eigenvalue weighted by atomic mass is 16.2. The van der Waals surface area contributed by atoms with Crippen LogP contribution in [-0.4, -0.2) is 58.2 Å². The third-order valence-electron chi connectivity index (χ3n) is 4.70. The monoisotopic (exact) mass is 342 g/mol. The molecule has 2 fully saturated rings. The molecular weight excluding hydrogens is 320 g/mol. The molecule has 1 aromatic heterocycles. The van der Waals surface area contributed by atoms with Gasteiger partial charge in [-0.3, -0.25) is 14.4 Å². The van der Waals surface area contributed by atoms with Crippen molar-refractivity contribution in [1.82, 2.24) is 14.8 Å². The molecule has 7 nitrogen and oxygen atoms in total. The molecule has 0 radical (unpaired) electrons. The molecule has 0 spiro atoms. The zero-order chi connectivity index (χ0) is 18.0. The van der Waals surface area contributed by atoms with Crippen molar-refractivity contribution in [3.8, 4) is 0 Å². The van der Waals surface area contributed by atoms with Crippen LogP contribution < -0.4 is 5.32 Å². The number of nitrogens with one attached hydrogen (secondary N) is 1. The molecule has 3 rings (SSSR count). The summed E-state index contributed by atoms with van der Waals surface area (Å²) in [5, 5.41) is 2.80. The number of rotatable bonds is 4. The van der Waals surface area contributed by atoms with Crippen LogP contribution in [-0.2, 0) is 14.4 Å². The predicted octanol–water partition coefficient (Wildman–Crippen LogP) is 0.964. The highest BCUT2D eigenvalue weighted by molar-refractivity contribution is 5.98. The van der Waals surface area contributed by atoms with E-state index in [0.29, 0.717) is 31.9 Å². The van der Waals surface area contributed by atoms with Crippen LogP contribution in [0, 0.1) is 12.8 Å². The van der Waals surface area contributed by atoms with Gasteiger partial charge in [0.15, 0.2) is 0 Å². The molecule has 0 bridgehead atoms. The maximum absolute atomic E-state index is 12.7. The van der Waals surface area contributed by atoms with E-state index in [1.807, 2.05) is 19.1 Å². The lowest BCUT2D eigenvalue weighted by Gasteiger charge is -2.40. The zero-order valence-corrected chi connectivity index (χ0v) is 14.3. The van der Waals surface area contributed by atoms with Gasteiger partial charge in [-0.2, -0.15) is 0 Å². The highest BCUT2D eigenvalue weighted by Gasteiger charge is 2.42. The summed E-state index contributed by atoms with van der Waals surface area (Å²) < 4.78 is 0. The van der Waals surface area contributed by atoms with Crippen molar-refractivity contribution in [3.63, 3.8) is 0 Å². The van der Waals surface area contributed by atoms with E-state index in [1.165, 1.54) is 6.08 Å². The molecule has 0 aromatic carbocycles. The van der Waals surface area contributed by atoms with Crippen LogP contribution in [0.15, 0.2) is 30.9 Å². The number of anilines is 1. The Bertz CT molecular complexity index is 712. The van der Waals surface area contributed by atoms with E-state index in [-0.39, 0.29) is 23.6 Å². The van der Waals surface area contributed by atoms with Crippen LogP contribution in [0.5, 0.6) is 0 Å². The van der Waals surface area contributed by atoms with Crippen molar-refractivity contribution < 1.29 is 14.4 Å². The van der Waals surface area contributed by atoms with Gasteiger partial charge in [0.1, 0.15) is 11.9 Å². The molecule has 25 heavy (non-hydrogen) atoms. The summed E-state index contributed by atoms with van der Waals surface area (Å²) in [6, 6.07) is 4.94. The quantitative estimate of drug-likeness (QED) is 0.827. The first-order chi connectivity index (χ1) is 12.0. The zero-order valence-electron chi connectivity index (χ0n) is 14.3. The van der Waals surface area contributed by atoms with Gasteiger partial charge in [-0.1, -0.05) is 12.6 Å². The van der Waals surface area contributed by atoms with Gasteiger partial charge in [0.25, 0.3) is 0 Å². The minimum Gasteiger partial charge on any atom is -0.337 e. The topological polar surface area (TPSA) is 82.6 Å². The third-order valence-corrected chi connectivity index (χ3v) is 4.70. The first-order valence-corrected chi connectivity index (χ1v) is 8.46. The fourth-order valence-electron chi connectivity index (χ4n) is 3.30. The second-order valence-corrected chi connectivity index (χ2v) is 6.49. The standard InChI is InChI=1S/C18H22N4O3/c1-3-16(23)21-10-13(11-21)18(25)22-9-5-7-14(22)17(24)20-15-8-4-6-12(2)19-15/h3-4,6,8,13-14H,1,5,7,9-11H2,2H3,(H,19,20,24)/t14-/m0/s1. The maximum atomic E-state index is 12.7. The fourth-order valence-corrected chi connectivity index (χ4v) is 3.30. The lowest BCUT2D eigenvalue weighted by molar-refractivity contribution is -0.148. The number of hydrogen-bond acceptors (Lipinski definition) is 4. The molecule has 1 aromatic rings. The second kappa shape index (κ2) is 7.04. The molecule has 2 saturated heterocycles. The second-order valence-electron chi connectivity index (χ2n) is 6.49. The van der Waals surface area contributed by atoms with E-state index in [1.54, 1.807) is 15.9 Å². The van der Waals surface area contributed by atoms with Crippen molar-refractivity contribution in [2.75, 3.05) is 25.0 Å². The van der Waals surface area contributed by atoms with Gasteiger partial charge in [-0.05, 0) is 38.0 Å². The lowest BCUT2D eigenvalue weighted by Crippen LogP contribution is -2.57. The molecule has 3 amide bonds. The van der Waals surface area contributed by atoms with E-state index in [4.69, 9.17) is 0 Å². The van der Waals surface area contributed by atoms with Gasteiger partial charge in [-0.25, -0.2) is 4.98 Å². The summed E-state index contributed by atoms with van der Waals surface area (Å²) in [5.74, 6) is -0.152. The number of aryl methyl sites for hydroxylation is 1. The summed E-state index contributed by atoms with van der Waals surface area (Å²) in [6.45, 7) is 6.67. The summed E-state index contributed by atoms with van der Waals surface area (Å²) in [4.78, 5) is 44.2. The molecule has 132 valence electrons. The summed E-state index contributed by atoms with van der Waals surface area (Å²) in [5.41, 5.74) is 0.818. The van der Waals surface area contributed by atoms with Crippen LogP contribution >= 0.6 is 0 Å². The Hall–Kier alpha value is -2.70. The van der Waals surface area contributed by atoms with Gasteiger partial charge in [0.05, 0.1) is 5.92 Å². The number of likely N-dealkylation sites (tertiary alicyclic amines) is 2. The average molecular weight is 342 g/mol. The van der Waals surface area contributed by atoms with Gasteiger partial charge >= 0.3 is 0 Å². The Labute approximate surface area is 146 Å². The first-order valence-electron chi connectivity index (χ1n) is 8.46. The predicted molar refractivity (Wildman–Crippen MR) is 92.6 cm³/mol. The van der Waals surface area contributed by atoms with E-state index < -0.39 is 6.04 Å². The molecule has 0 unspecified atom stereocenters. The number of amides is 3. The highest BCUT2D eigenvalue weighted by Crippen LogP contribution is 2.25. The molecule has 7 heteroatoms. The van der Waals surface area contributed by atoms with Crippen molar-refractivity contribution in [1.29, 1.82) is 0 Å². The molecular formula is C18H22N4O3. The molecule has 0 aliphatic carbocycles. The summed E-state index contributed by atoms with van der Waals surface area (Å²) in [7, 11) is 0. The van der Waals surface area contributed by atoms with Crippen molar-refractivity contribution in [2.24, 2.45) is 5.92 Å². The van der Waals surface area contributed by atoms with E-state index >= 15 is 0 Å². The van der Waals surface area contributed by atoms with Gasteiger partial charge in [-0.15, -0.1) is 0 Å². The molecule has 2 aliphatic heterocycles. The van der Waals surface area contributed by atoms with Crippen molar-refractivity contribution >= 4 is 23.5 Å². The van der Waals surface area contributed by atoms with E-state index in [2.05, 4.69) is 16.9 Å². The SMILES string of the molecule is C=CC(=O)N1CC(C(=O)N2CCC[C@H]2C(=O)Nc2cccc(C)n2)C1. The minimum atomic E-state index is -0.473. The molecule has 0 saturated carbocycles. The Morgan fingerprint density at radius 3 is 2.76 bits per heavy atom. The summed E-state index contributed by atoms with van der Waals surface area (Å²) >= 11 is 0. The number of nitrogens with zero attached hydrogens (tertiary/aromatic N) is 3. The number of carbonyl (C=O) groups excluding carboxylic acids is 3. The molecule has 2 aliphatic rings. The van der Waals surface area contributed by atoms with Gasteiger partial charge < -0.3 is 15.1 Å². The van der Waals surface area contributed by atoms with Crippen LogP contribution in [0.3, 0.4) is 0 Å².